The molecule has 0 heterocycles. The molecule has 0 spiro atoms. The maximum absolute atomic E-state index is 14.7. The molecule has 0 radical (unpaired) electrons. The summed E-state index contributed by atoms with van der Waals surface area (Å²) in [6, 6.07) is 39.7. The molecule has 0 unspecified atom stereocenters. The van der Waals surface area contributed by atoms with Crippen LogP contribution < -0.4 is 14.4 Å². The number of sulfonamides is 1. The van der Waals surface area contributed by atoms with E-state index in [1.807, 2.05) is 98.8 Å². The molecule has 0 aromatic heterocycles. The van der Waals surface area contributed by atoms with Crippen molar-refractivity contribution < 1.29 is 22.7 Å². The fourth-order valence-electron chi connectivity index (χ4n) is 5.34. The third kappa shape index (κ3) is 9.61. The smallest absolute Gasteiger partial charge is 0.264 e. The van der Waals surface area contributed by atoms with Crippen molar-refractivity contribution in [2.75, 3.05) is 10.8 Å². The minimum absolute atomic E-state index is 0.0345. The third-order valence-corrected chi connectivity index (χ3v) is 10.6. The number of halogens is 1. The van der Waals surface area contributed by atoms with Gasteiger partial charge in [0.05, 0.1) is 10.6 Å². The fraction of sp³-hybridized carbons (Fsp3) is 0.200. The Kier molecular flexibility index (Phi) is 12.5. The summed E-state index contributed by atoms with van der Waals surface area (Å²) in [5, 5.41) is 3.06. The molecule has 10 heteroatoms. The Morgan fingerprint density at radius 1 is 0.740 bits per heavy atom. The first kappa shape index (κ1) is 36.4. The van der Waals surface area contributed by atoms with E-state index >= 15 is 0 Å². The molecule has 5 aromatic rings. The van der Waals surface area contributed by atoms with E-state index in [1.165, 1.54) is 17.0 Å². The van der Waals surface area contributed by atoms with Crippen LogP contribution in [0.1, 0.15) is 31.4 Å². The van der Waals surface area contributed by atoms with Crippen LogP contribution in [0.25, 0.3) is 0 Å². The van der Waals surface area contributed by atoms with Crippen molar-refractivity contribution in [2.24, 2.45) is 0 Å². The Morgan fingerprint density at radius 2 is 1.30 bits per heavy atom. The molecule has 5 rings (SSSR count). The zero-order valence-corrected chi connectivity index (χ0v) is 30.4. The molecule has 0 aliphatic heterocycles. The van der Waals surface area contributed by atoms with Gasteiger partial charge in [0.2, 0.25) is 11.8 Å². The summed E-state index contributed by atoms with van der Waals surface area (Å²) < 4.78 is 36.5. The first-order valence-corrected chi connectivity index (χ1v) is 18.7. The molecule has 0 fully saturated rings. The van der Waals surface area contributed by atoms with Crippen LogP contribution in [0.5, 0.6) is 11.5 Å². The van der Waals surface area contributed by atoms with Gasteiger partial charge in [0.1, 0.15) is 24.1 Å². The Labute approximate surface area is 302 Å². The lowest BCUT2D eigenvalue weighted by atomic mass is 10.0. The van der Waals surface area contributed by atoms with Crippen LogP contribution in [0.2, 0.25) is 0 Å². The number of hydrogen-bond acceptors (Lipinski definition) is 5. The summed E-state index contributed by atoms with van der Waals surface area (Å²) >= 11 is 3.47. The van der Waals surface area contributed by atoms with Gasteiger partial charge in [-0.2, -0.15) is 0 Å². The first-order chi connectivity index (χ1) is 24.1. The predicted molar refractivity (Wildman–Crippen MR) is 200 cm³/mol. The molecular formula is C40H40BrN3O5S. The van der Waals surface area contributed by atoms with Crippen molar-refractivity contribution in [3.05, 3.63) is 155 Å². The van der Waals surface area contributed by atoms with Crippen LogP contribution in [0.3, 0.4) is 0 Å². The number of benzene rings is 5. The van der Waals surface area contributed by atoms with Crippen LogP contribution in [-0.4, -0.2) is 43.8 Å². The zero-order chi connectivity index (χ0) is 35.5. The standard InChI is InChI=1S/C40H40BrN3O5S/c1-3-30(2)42-40(46)38(27-31-13-7-4-8-14-31)43(28-32-19-21-33(41)22-20-32)39(45)29-44(50(47,48)37-17-11-6-12-18-37)34-23-25-36(26-24-34)49-35-15-9-5-10-16-35/h4-26,30,38H,3,27-29H2,1-2H3,(H,42,46)/t30-,38-/m0/s1. The van der Waals surface area contributed by atoms with Gasteiger partial charge in [0, 0.05) is 23.5 Å². The summed E-state index contributed by atoms with van der Waals surface area (Å²) in [5.41, 5.74) is 1.93. The van der Waals surface area contributed by atoms with Gasteiger partial charge in [0.15, 0.2) is 0 Å². The van der Waals surface area contributed by atoms with Gasteiger partial charge in [-0.05, 0) is 85.1 Å². The highest BCUT2D eigenvalue weighted by Crippen LogP contribution is 2.29. The molecule has 0 aliphatic carbocycles. The number of rotatable bonds is 15. The SMILES string of the molecule is CC[C@H](C)NC(=O)[C@H](Cc1ccccc1)N(Cc1ccc(Br)cc1)C(=O)CN(c1ccc(Oc2ccccc2)cc1)S(=O)(=O)c1ccccc1. The number of para-hydroxylation sites is 1. The molecule has 0 saturated heterocycles. The maximum Gasteiger partial charge on any atom is 0.264 e. The van der Waals surface area contributed by atoms with Gasteiger partial charge in [-0.1, -0.05) is 102 Å². The summed E-state index contributed by atoms with van der Waals surface area (Å²) in [5.74, 6) is 0.295. The van der Waals surface area contributed by atoms with Gasteiger partial charge in [-0.15, -0.1) is 0 Å². The highest BCUT2D eigenvalue weighted by atomic mass is 79.9. The minimum atomic E-state index is -4.22. The molecular weight excluding hydrogens is 714 g/mol. The second kappa shape index (κ2) is 17.1. The largest absolute Gasteiger partial charge is 0.457 e. The molecule has 8 nitrogen and oxygen atoms in total. The van der Waals surface area contributed by atoms with Crippen LogP contribution >= 0.6 is 15.9 Å². The number of amides is 2. The number of anilines is 1. The highest BCUT2D eigenvalue weighted by molar-refractivity contribution is 9.10. The molecule has 258 valence electrons. The van der Waals surface area contributed by atoms with Crippen LogP contribution in [-0.2, 0) is 32.6 Å². The van der Waals surface area contributed by atoms with E-state index in [0.717, 1.165) is 19.9 Å². The van der Waals surface area contributed by atoms with Crippen LogP contribution in [0.4, 0.5) is 5.69 Å². The minimum Gasteiger partial charge on any atom is -0.457 e. The highest BCUT2D eigenvalue weighted by Gasteiger charge is 2.35. The molecule has 5 aromatic carbocycles. The Morgan fingerprint density at radius 3 is 1.90 bits per heavy atom. The van der Waals surface area contributed by atoms with Crippen molar-refractivity contribution >= 4 is 43.5 Å². The number of carbonyl (C=O) groups is 2. The lowest BCUT2D eigenvalue weighted by Gasteiger charge is -2.34. The number of carbonyl (C=O) groups excluding carboxylic acids is 2. The number of ether oxygens (including phenoxy) is 1. The van der Waals surface area contributed by atoms with E-state index in [2.05, 4.69) is 21.2 Å². The van der Waals surface area contributed by atoms with Crippen molar-refractivity contribution in [3.8, 4) is 11.5 Å². The average Bonchev–Trinajstić information content (AvgIpc) is 3.14. The monoisotopic (exact) mass is 753 g/mol. The molecule has 2 atom stereocenters. The average molecular weight is 755 g/mol. The van der Waals surface area contributed by atoms with E-state index in [9.17, 15) is 18.0 Å². The van der Waals surface area contributed by atoms with Crippen molar-refractivity contribution in [2.45, 2.75) is 50.2 Å². The van der Waals surface area contributed by atoms with E-state index in [1.54, 1.807) is 42.5 Å². The molecule has 50 heavy (non-hydrogen) atoms. The molecule has 1 N–H and O–H groups in total. The second-order valence-corrected chi connectivity index (χ2v) is 14.7. The third-order valence-electron chi connectivity index (χ3n) is 8.25. The van der Waals surface area contributed by atoms with Crippen molar-refractivity contribution in [1.29, 1.82) is 0 Å². The second-order valence-electron chi connectivity index (χ2n) is 11.9. The quantitative estimate of drug-likeness (QED) is 0.117. The molecule has 0 aliphatic rings. The first-order valence-electron chi connectivity index (χ1n) is 16.4. The molecule has 0 bridgehead atoms. The number of nitrogens with one attached hydrogen (secondary N) is 1. The van der Waals surface area contributed by atoms with Crippen LogP contribution in [0, 0.1) is 0 Å². The van der Waals surface area contributed by atoms with E-state index < -0.39 is 28.5 Å². The van der Waals surface area contributed by atoms with Crippen molar-refractivity contribution in [1.82, 2.24) is 10.2 Å². The fourth-order valence-corrected chi connectivity index (χ4v) is 7.03. The zero-order valence-electron chi connectivity index (χ0n) is 28.0. The lowest BCUT2D eigenvalue weighted by Crippen LogP contribution is -2.54. The predicted octanol–water partition coefficient (Wildman–Crippen LogP) is 7.99. The van der Waals surface area contributed by atoms with Gasteiger partial charge >= 0.3 is 0 Å². The van der Waals surface area contributed by atoms with Crippen LogP contribution in [0.15, 0.2) is 149 Å². The van der Waals surface area contributed by atoms with Gasteiger partial charge in [-0.25, -0.2) is 8.42 Å². The van der Waals surface area contributed by atoms with E-state index in [-0.39, 0.29) is 35.5 Å². The van der Waals surface area contributed by atoms with Gasteiger partial charge < -0.3 is 15.0 Å². The topological polar surface area (TPSA) is 96.0 Å². The van der Waals surface area contributed by atoms with E-state index in [0.29, 0.717) is 17.9 Å². The lowest BCUT2D eigenvalue weighted by molar-refractivity contribution is -0.140. The molecule has 0 saturated carbocycles. The van der Waals surface area contributed by atoms with Crippen molar-refractivity contribution in [3.63, 3.8) is 0 Å². The maximum atomic E-state index is 14.7. The van der Waals surface area contributed by atoms with Gasteiger partial charge in [-0.3, -0.25) is 13.9 Å². The Balaban J connectivity index is 1.55. The Hall–Kier alpha value is -4.93. The van der Waals surface area contributed by atoms with E-state index in [4.69, 9.17) is 4.74 Å². The van der Waals surface area contributed by atoms with Gasteiger partial charge in [0.25, 0.3) is 10.0 Å². The number of hydrogen-bond donors (Lipinski definition) is 1. The molecule has 2 amide bonds. The summed E-state index contributed by atoms with van der Waals surface area (Å²) in [4.78, 5) is 30.2. The summed E-state index contributed by atoms with van der Waals surface area (Å²) in [7, 11) is -4.22. The number of nitrogens with zero attached hydrogens (tertiary/aromatic N) is 2. The Bertz CT molecular complexity index is 1940. The normalized spacial score (nSPS) is 12.4. The summed E-state index contributed by atoms with van der Waals surface area (Å²) in [6.45, 7) is 3.43. The summed E-state index contributed by atoms with van der Waals surface area (Å²) in [6.07, 6.45) is 0.944.